The Morgan fingerprint density at radius 2 is 1.76 bits per heavy atom. The maximum atomic E-state index is 13.1. The van der Waals surface area contributed by atoms with Crippen LogP contribution in [-0.2, 0) is 19.1 Å². The van der Waals surface area contributed by atoms with E-state index < -0.39 is 18.5 Å². The fourth-order valence-corrected chi connectivity index (χ4v) is 5.79. The zero-order chi connectivity index (χ0) is 24.0. The molecule has 2 aromatic carbocycles. The van der Waals surface area contributed by atoms with Crippen LogP contribution < -0.4 is 15.0 Å². The highest BCUT2D eigenvalue weighted by Gasteiger charge is 2.61. The van der Waals surface area contributed by atoms with Gasteiger partial charge in [-0.2, -0.15) is 0 Å². The first kappa shape index (κ1) is 22.4. The predicted octanol–water partition coefficient (Wildman–Crippen LogP) is 3.68. The summed E-state index contributed by atoms with van der Waals surface area (Å²) in [6.07, 6.45) is 2.94. The van der Waals surface area contributed by atoms with Crippen molar-refractivity contribution in [3.05, 3.63) is 53.1 Å². The van der Waals surface area contributed by atoms with Crippen LogP contribution in [0.15, 0.2) is 42.5 Å². The third kappa shape index (κ3) is 3.81. The number of rotatable bonds is 6. The molecule has 3 fully saturated rings. The lowest BCUT2D eigenvalue weighted by atomic mass is 9.81. The van der Waals surface area contributed by atoms with Gasteiger partial charge in [-0.3, -0.25) is 19.3 Å². The van der Waals surface area contributed by atoms with Crippen LogP contribution in [0, 0.1) is 23.7 Å². The van der Waals surface area contributed by atoms with Crippen molar-refractivity contribution in [3.8, 4) is 5.75 Å². The molecule has 0 aromatic heterocycles. The van der Waals surface area contributed by atoms with Gasteiger partial charge in [-0.05, 0) is 67.5 Å². The summed E-state index contributed by atoms with van der Waals surface area (Å²) >= 11 is 5.96. The van der Waals surface area contributed by atoms with E-state index in [2.05, 4.69) is 5.32 Å². The van der Waals surface area contributed by atoms with Gasteiger partial charge in [0, 0.05) is 5.02 Å². The first-order valence-corrected chi connectivity index (χ1v) is 11.5. The molecule has 8 nitrogen and oxygen atoms in total. The van der Waals surface area contributed by atoms with E-state index in [1.54, 1.807) is 24.3 Å². The largest absolute Gasteiger partial charge is 0.495 e. The number of amides is 3. The second-order valence-corrected chi connectivity index (χ2v) is 9.35. The van der Waals surface area contributed by atoms with Crippen LogP contribution in [0.3, 0.4) is 0 Å². The van der Waals surface area contributed by atoms with E-state index in [0.29, 0.717) is 22.1 Å². The summed E-state index contributed by atoms with van der Waals surface area (Å²) in [7, 11) is 1.46. The normalized spacial score (nSPS) is 24.8. The fraction of sp³-hybridized carbons (Fsp3) is 0.360. The number of anilines is 2. The first-order valence-electron chi connectivity index (χ1n) is 11.2. The molecule has 0 unspecified atom stereocenters. The van der Waals surface area contributed by atoms with Gasteiger partial charge in [0.1, 0.15) is 5.75 Å². The fourth-order valence-electron chi connectivity index (χ4n) is 5.61. The van der Waals surface area contributed by atoms with Gasteiger partial charge in [-0.15, -0.1) is 0 Å². The van der Waals surface area contributed by atoms with Crippen LogP contribution in [0.5, 0.6) is 5.75 Å². The van der Waals surface area contributed by atoms with Gasteiger partial charge < -0.3 is 14.8 Å². The Kier molecular flexibility index (Phi) is 5.77. The molecular weight excluding hydrogens is 460 g/mol. The molecule has 176 valence electrons. The number of hydrogen-bond acceptors (Lipinski definition) is 6. The third-order valence-electron chi connectivity index (χ3n) is 7.04. The smallest absolute Gasteiger partial charge is 0.338 e. The van der Waals surface area contributed by atoms with E-state index in [1.165, 1.54) is 30.2 Å². The molecule has 1 aliphatic heterocycles. The van der Waals surface area contributed by atoms with E-state index in [4.69, 9.17) is 21.1 Å². The molecule has 1 N–H and O–H groups in total. The van der Waals surface area contributed by atoms with Gasteiger partial charge in [0.15, 0.2) is 6.61 Å². The second kappa shape index (κ2) is 8.76. The Labute approximate surface area is 201 Å². The zero-order valence-corrected chi connectivity index (χ0v) is 19.2. The Bertz CT molecular complexity index is 1170. The maximum absolute atomic E-state index is 13.1. The van der Waals surface area contributed by atoms with E-state index in [9.17, 15) is 19.2 Å². The number of fused-ring (bicyclic) bond motifs is 5. The van der Waals surface area contributed by atoms with Crippen molar-refractivity contribution in [1.29, 1.82) is 0 Å². The van der Waals surface area contributed by atoms with Crippen molar-refractivity contribution in [2.24, 2.45) is 23.7 Å². The van der Waals surface area contributed by atoms with E-state index in [-0.39, 0.29) is 41.0 Å². The van der Waals surface area contributed by atoms with Crippen LogP contribution in [0.25, 0.3) is 0 Å². The molecule has 5 rings (SSSR count). The lowest BCUT2D eigenvalue weighted by molar-refractivity contribution is -0.123. The van der Waals surface area contributed by atoms with Crippen molar-refractivity contribution in [3.63, 3.8) is 0 Å². The van der Waals surface area contributed by atoms with Gasteiger partial charge in [-0.1, -0.05) is 17.7 Å². The lowest BCUT2D eigenvalue weighted by Gasteiger charge is -2.19. The third-order valence-corrected chi connectivity index (χ3v) is 7.27. The van der Waals surface area contributed by atoms with Crippen molar-refractivity contribution >= 4 is 46.7 Å². The van der Waals surface area contributed by atoms with Crippen LogP contribution in [0.2, 0.25) is 5.02 Å². The summed E-state index contributed by atoms with van der Waals surface area (Å²) in [4.78, 5) is 52.2. The zero-order valence-electron chi connectivity index (χ0n) is 18.5. The minimum atomic E-state index is -0.741. The Morgan fingerprint density at radius 1 is 1.06 bits per heavy atom. The highest BCUT2D eigenvalue weighted by Crippen LogP contribution is 2.56. The number of imide groups is 1. The number of carbonyl (C=O) groups excluding carboxylic acids is 4. The second-order valence-electron chi connectivity index (χ2n) is 8.92. The highest BCUT2D eigenvalue weighted by atomic mass is 35.5. The predicted molar refractivity (Wildman–Crippen MR) is 124 cm³/mol. The average molecular weight is 483 g/mol. The van der Waals surface area contributed by atoms with E-state index in [1.807, 2.05) is 0 Å². The molecule has 4 atom stereocenters. The van der Waals surface area contributed by atoms with Gasteiger partial charge >= 0.3 is 5.97 Å². The summed E-state index contributed by atoms with van der Waals surface area (Å²) in [5.41, 5.74) is 0.848. The number of halogens is 1. The van der Waals surface area contributed by atoms with E-state index >= 15 is 0 Å². The highest BCUT2D eigenvalue weighted by molar-refractivity contribution is 6.31. The Morgan fingerprint density at radius 3 is 2.44 bits per heavy atom. The summed E-state index contributed by atoms with van der Waals surface area (Å²) < 4.78 is 10.3. The average Bonchev–Trinajstić information content (AvgIpc) is 3.51. The molecule has 3 amide bonds. The summed E-state index contributed by atoms with van der Waals surface area (Å²) in [6, 6.07) is 10.9. The number of methoxy groups -OCH3 is 1. The number of esters is 1. The molecule has 3 aliphatic rings. The number of ether oxygens (including phenoxy) is 2. The molecule has 1 saturated heterocycles. The molecular formula is C25H23ClN2O6. The molecule has 1 heterocycles. The first-order chi connectivity index (χ1) is 16.4. The standard InChI is InChI=1S/C25H23ClN2O6/c1-33-19-8-7-16(26)11-18(19)27-20(29)12-34-25(32)15-3-2-4-17(10-15)28-23(30)21-13-5-6-14(9-13)22(21)24(28)31/h2-4,7-8,10-11,13-14,21-22H,5-6,9,12H2,1H3,(H,27,29)/t13-,14-,21-,22+/m0/s1. The molecule has 34 heavy (non-hydrogen) atoms. The van der Waals surface area contributed by atoms with Crippen molar-refractivity contribution in [2.45, 2.75) is 19.3 Å². The van der Waals surface area contributed by atoms with E-state index in [0.717, 1.165) is 19.3 Å². The number of carbonyl (C=O) groups is 4. The molecule has 2 aliphatic carbocycles. The SMILES string of the molecule is COc1ccc(Cl)cc1NC(=O)COC(=O)c1cccc(N2C(=O)[C@@H]3[C@H]4CC[C@@H](C4)[C@@H]3C2=O)c1. The minimum Gasteiger partial charge on any atom is -0.495 e. The molecule has 2 aromatic rings. The number of hydrogen-bond donors (Lipinski definition) is 1. The van der Waals surface area contributed by atoms with Crippen molar-refractivity contribution < 1.29 is 28.7 Å². The summed E-state index contributed by atoms with van der Waals surface area (Å²) in [5, 5.41) is 3.00. The minimum absolute atomic E-state index is 0.145. The number of benzene rings is 2. The topological polar surface area (TPSA) is 102 Å². The van der Waals surface area contributed by atoms with Gasteiger partial charge in [-0.25, -0.2) is 4.79 Å². The van der Waals surface area contributed by atoms with Crippen LogP contribution in [-0.4, -0.2) is 37.4 Å². The molecule has 2 saturated carbocycles. The van der Waals surface area contributed by atoms with Gasteiger partial charge in [0.2, 0.25) is 11.8 Å². The molecule has 9 heteroatoms. The lowest BCUT2D eigenvalue weighted by Crippen LogP contribution is -2.32. The van der Waals surface area contributed by atoms with Crippen molar-refractivity contribution in [2.75, 3.05) is 23.9 Å². The quantitative estimate of drug-likeness (QED) is 0.497. The number of nitrogens with zero attached hydrogens (tertiary/aromatic N) is 1. The van der Waals surface area contributed by atoms with Gasteiger partial charge in [0.25, 0.3) is 5.91 Å². The molecule has 2 bridgehead atoms. The van der Waals surface area contributed by atoms with Gasteiger partial charge in [0.05, 0.1) is 35.9 Å². The van der Waals surface area contributed by atoms with Crippen LogP contribution >= 0.6 is 11.6 Å². The van der Waals surface area contributed by atoms with Crippen LogP contribution in [0.4, 0.5) is 11.4 Å². The Balaban J connectivity index is 1.25. The maximum Gasteiger partial charge on any atom is 0.338 e. The van der Waals surface area contributed by atoms with Crippen molar-refractivity contribution in [1.82, 2.24) is 0 Å². The molecule has 0 spiro atoms. The molecule has 0 radical (unpaired) electrons. The van der Waals surface area contributed by atoms with Crippen LogP contribution in [0.1, 0.15) is 29.6 Å². The monoisotopic (exact) mass is 482 g/mol. The summed E-state index contributed by atoms with van der Waals surface area (Å²) in [6.45, 7) is -0.534. The summed E-state index contributed by atoms with van der Waals surface area (Å²) in [5.74, 6) is -1.18. The Hall–Kier alpha value is -3.39. The number of nitrogens with one attached hydrogen (secondary N) is 1.